The summed E-state index contributed by atoms with van der Waals surface area (Å²) in [6.45, 7) is 3.09. The molecular formula is C17H19BrN2O. The van der Waals surface area contributed by atoms with E-state index in [9.17, 15) is 0 Å². The van der Waals surface area contributed by atoms with Crippen LogP contribution in [0.2, 0.25) is 0 Å². The predicted octanol–water partition coefficient (Wildman–Crippen LogP) is 4.68. The van der Waals surface area contributed by atoms with E-state index in [0.29, 0.717) is 0 Å². The molecule has 3 nitrogen and oxygen atoms in total. The summed E-state index contributed by atoms with van der Waals surface area (Å²) in [6.07, 6.45) is 4.21. The van der Waals surface area contributed by atoms with Gasteiger partial charge in [0.05, 0.1) is 23.8 Å². The maximum Gasteiger partial charge on any atom is 0.120 e. The van der Waals surface area contributed by atoms with Gasteiger partial charge in [-0.3, -0.25) is 4.98 Å². The summed E-state index contributed by atoms with van der Waals surface area (Å²) in [7, 11) is 1.71. The number of unbranched alkanes of at least 4 members (excludes halogenated alkanes) is 1. The Morgan fingerprint density at radius 1 is 1.19 bits per heavy atom. The Balaban J connectivity index is 2.26. The molecule has 21 heavy (non-hydrogen) atoms. The lowest BCUT2D eigenvalue weighted by Crippen LogP contribution is -2.00. The third-order valence-corrected chi connectivity index (χ3v) is 4.49. The minimum absolute atomic E-state index is 0.901. The molecule has 0 spiro atoms. The Kier molecular flexibility index (Phi) is 4.15. The first-order chi connectivity index (χ1) is 10.3. The molecule has 0 amide bonds. The average Bonchev–Trinajstić information content (AvgIpc) is 2.82. The van der Waals surface area contributed by atoms with Gasteiger partial charge in [-0.1, -0.05) is 15.9 Å². The number of aromatic nitrogens is 2. The third-order valence-electron chi connectivity index (χ3n) is 3.93. The molecule has 4 heteroatoms. The number of halogens is 1. The number of methoxy groups -OCH3 is 1. The van der Waals surface area contributed by atoms with E-state index in [0.717, 1.165) is 29.7 Å². The van der Waals surface area contributed by atoms with E-state index in [-0.39, 0.29) is 0 Å². The number of hydrogen-bond acceptors (Lipinski definition) is 2. The van der Waals surface area contributed by atoms with Crippen molar-refractivity contribution in [3.63, 3.8) is 0 Å². The fourth-order valence-electron chi connectivity index (χ4n) is 2.92. The van der Waals surface area contributed by atoms with Gasteiger partial charge in [-0.25, -0.2) is 0 Å². The Morgan fingerprint density at radius 2 is 2.05 bits per heavy atom. The SMILES string of the molecule is COc1ccc2c3ccnc(C)c3n(CCCCBr)c2c1. The average molecular weight is 347 g/mol. The fourth-order valence-corrected chi connectivity index (χ4v) is 3.32. The van der Waals surface area contributed by atoms with Crippen molar-refractivity contribution in [2.75, 3.05) is 12.4 Å². The lowest BCUT2D eigenvalue weighted by atomic mass is 10.1. The first kappa shape index (κ1) is 14.4. The van der Waals surface area contributed by atoms with E-state index in [1.54, 1.807) is 7.11 Å². The van der Waals surface area contributed by atoms with Crippen molar-refractivity contribution in [3.8, 4) is 5.75 Å². The highest BCUT2D eigenvalue weighted by Crippen LogP contribution is 2.32. The van der Waals surface area contributed by atoms with Gasteiger partial charge in [0.2, 0.25) is 0 Å². The lowest BCUT2D eigenvalue weighted by molar-refractivity contribution is 0.415. The number of ether oxygens (including phenoxy) is 1. The van der Waals surface area contributed by atoms with Crippen LogP contribution in [0.5, 0.6) is 5.75 Å². The van der Waals surface area contributed by atoms with E-state index in [1.807, 2.05) is 12.3 Å². The molecule has 0 radical (unpaired) electrons. The van der Waals surface area contributed by atoms with Crippen molar-refractivity contribution in [2.24, 2.45) is 0 Å². The minimum atomic E-state index is 0.901. The molecule has 0 aliphatic rings. The van der Waals surface area contributed by atoms with Crippen molar-refractivity contribution < 1.29 is 4.74 Å². The molecule has 110 valence electrons. The van der Waals surface area contributed by atoms with Crippen LogP contribution in [0.25, 0.3) is 21.8 Å². The van der Waals surface area contributed by atoms with E-state index >= 15 is 0 Å². The molecule has 0 N–H and O–H groups in total. The summed E-state index contributed by atoms with van der Waals surface area (Å²) >= 11 is 3.51. The standard InChI is InChI=1S/C17H19BrN2O/c1-12-17-15(7-9-19-12)14-6-5-13(21-2)11-16(14)20(17)10-4-3-8-18/h5-7,9,11H,3-4,8,10H2,1-2H3. The van der Waals surface area contributed by atoms with Gasteiger partial charge >= 0.3 is 0 Å². The lowest BCUT2D eigenvalue weighted by Gasteiger charge is -2.08. The predicted molar refractivity (Wildman–Crippen MR) is 91.6 cm³/mol. The maximum absolute atomic E-state index is 5.39. The molecule has 0 aliphatic heterocycles. The summed E-state index contributed by atoms with van der Waals surface area (Å²) in [5, 5.41) is 3.60. The van der Waals surface area contributed by atoms with Gasteiger partial charge in [0.25, 0.3) is 0 Å². The van der Waals surface area contributed by atoms with Crippen LogP contribution < -0.4 is 4.74 Å². The van der Waals surface area contributed by atoms with Crippen LogP contribution in [-0.4, -0.2) is 22.0 Å². The molecule has 0 fully saturated rings. The summed E-state index contributed by atoms with van der Waals surface area (Å²) in [4.78, 5) is 4.47. The molecule has 3 aromatic rings. The van der Waals surface area contributed by atoms with Gasteiger partial charge < -0.3 is 9.30 Å². The van der Waals surface area contributed by atoms with E-state index < -0.39 is 0 Å². The normalized spacial score (nSPS) is 11.4. The largest absolute Gasteiger partial charge is 0.497 e. The Morgan fingerprint density at radius 3 is 2.81 bits per heavy atom. The zero-order valence-electron chi connectivity index (χ0n) is 12.4. The van der Waals surface area contributed by atoms with Crippen molar-refractivity contribution in [1.29, 1.82) is 0 Å². The van der Waals surface area contributed by atoms with Gasteiger partial charge in [-0.05, 0) is 38.0 Å². The maximum atomic E-state index is 5.39. The molecule has 2 heterocycles. The molecule has 0 unspecified atom stereocenters. The zero-order chi connectivity index (χ0) is 14.8. The topological polar surface area (TPSA) is 27.1 Å². The van der Waals surface area contributed by atoms with E-state index in [1.165, 1.54) is 28.2 Å². The van der Waals surface area contributed by atoms with E-state index in [2.05, 4.69) is 50.6 Å². The highest BCUT2D eigenvalue weighted by molar-refractivity contribution is 9.09. The first-order valence-corrected chi connectivity index (χ1v) is 8.36. The molecule has 0 bridgehead atoms. The quantitative estimate of drug-likeness (QED) is 0.495. The number of fused-ring (bicyclic) bond motifs is 3. The second-order valence-electron chi connectivity index (χ2n) is 5.22. The number of aryl methyl sites for hydroxylation is 2. The summed E-state index contributed by atoms with van der Waals surface area (Å²) in [5.41, 5.74) is 3.56. The zero-order valence-corrected chi connectivity index (χ0v) is 14.0. The van der Waals surface area contributed by atoms with Gasteiger partial charge in [0.15, 0.2) is 0 Å². The molecule has 0 aliphatic carbocycles. The van der Waals surface area contributed by atoms with Crippen molar-refractivity contribution in [3.05, 3.63) is 36.2 Å². The van der Waals surface area contributed by atoms with E-state index in [4.69, 9.17) is 4.74 Å². The van der Waals surface area contributed by atoms with Crippen molar-refractivity contribution >= 4 is 37.7 Å². The molecule has 2 aromatic heterocycles. The Labute approximate surface area is 133 Å². The number of benzene rings is 1. The highest BCUT2D eigenvalue weighted by atomic mass is 79.9. The molecule has 0 saturated carbocycles. The van der Waals surface area contributed by atoms with Crippen LogP contribution in [0.4, 0.5) is 0 Å². The van der Waals surface area contributed by atoms with Crippen LogP contribution in [0.3, 0.4) is 0 Å². The Bertz CT molecular complexity index is 779. The smallest absolute Gasteiger partial charge is 0.120 e. The number of alkyl halides is 1. The van der Waals surface area contributed by atoms with Crippen molar-refractivity contribution in [2.45, 2.75) is 26.3 Å². The minimum Gasteiger partial charge on any atom is -0.497 e. The highest BCUT2D eigenvalue weighted by Gasteiger charge is 2.13. The molecular weight excluding hydrogens is 328 g/mol. The number of rotatable bonds is 5. The van der Waals surface area contributed by atoms with Gasteiger partial charge in [-0.2, -0.15) is 0 Å². The molecule has 1 aromatic carbocycles. The van der Waals surface area contributed by atoms with Gasteiger partial charge in [-0.15, -0.1) is 0 Å². The fraction of sp³-hybridized carbons (Fsp3) is 0.353. The monoisotopic (exact) mass is 346 g/mol. The van der Waals surface area contributed by atoms with Crippen LogP contribution in [0.15, 0.2) is 30.5 Å². The summed E-state index contributed by atoms with van der Waals surface area (Å²) in [6, 6.07) is 8.42. The number of nitrogens with zero attached hydrogens (tertiary/aromatic N) is 2. The molecule has 0 saturated heterocycles. The van der Waals surface area contributed by atoms with Crippen LogP contribution in [-0.2, 0) is 6.54 Å². The molecule has 3 rings (SSSR count). The Hall–Kier alpha value is -1.55. The van der Waals surface area contributed by atoms with Crippen LogP contribution in [0.1, 0.15) is 18.5 Å². The van der Waals surface area contributed by atoms with Gasteiger partial charge in [0, 0.05) is 34.9 Å². The second-order valence-corrected chi connectivity index (χ2v) is 6.02. The first-order valence-electron chi connectivity index (χ1n) is 7.23. The number of pyridine rings is 1. The van der Waals surface area contributed by atoms with Crippen LogP contribution >= 0.6 is 15.9 Å². The van der Waals surface area contributed by atoms with Gasteiger partial charge in [0.1, 0.15) is 5.75 Å². The molecule has 0 atom stereocenters. The number of hydrogen-bond donors (Lipinski definition) is 0. The second kappa shape index (κ2) is 6.06. The van der Waals surface area contributed by atoms with Crippen LogP contribution in [0, 0.1) is 6.92 Å². The third kappa shape index (κ3) is 2.53. The van der Waals surface area contributed by atoms with Crippen molar-refractivity contribution in [1.82, 2.24) is 9.55 Å². The summed E-state index contributed by atoms with van der Waals surface area (Å²) < 4.78 is 7.78. The summed E-state index contributed by atoms with van der Waals surface area (Å²) in [5.74, 6) is 0.901.